The Morgan fingerprint density at radius 1 is 1.36 bits per heavy atom. The molecule has 0 saturated carbocycles. The van der Waals surface area contributed by atoms with Crippen LogP contribution in [0.2, 0.25) is 0 Å². The summed E-state index contributed by atoms with van der Waals surface area (Å²) in [6.07, 6.45) is 0.781. The number of hydrogen-bond acceptors (Lipinski definition) is 3. The standard InChI is InChI=1S/C2H4F3NO3S2/c1-10(7)6-11(8,9)2(3,4)5/h6H,1H3. The molecule has 0 spiro atoms. The van der Waals surface area contributed by atoms with Crippen LogP contribution < -0.4 is 4.13 Å². The number of halogens is 3. The maximum atomic E-state index is 11.4. The SMILES string of the molecule is CS(=O)NS(=O)(=O)C(F)(F)F. The highest BCUT2D eigenvalue weighted by molar-refractivity contribution is 8.02. The Hall–Kier alpha value is -0.150. The molecule has 0 radical (unpaired) electrons. The number of sulfonamides is 1. The first-order chi connectivity index (χ1) is 4.67. The topological polar surface area (TPSA) is 63.2 Å². The molecule has 0 aliphatic carbocycles. The van der Waals surface area contributed by atoms with Crippen molar-refractivity contribution in [1.82, 2.24) is 4.13 Å². The van der Waals surface area contributed by atoms with E-state index in [9.17, 15) is 25.8 Å². The first-order valence-electron chi connectivity index (χ1n) is 2.09. The Kier molecular flexibility index (Phi) is 3.03. The monoisotopic (exact) mass is 211 g/mol. The summed E-state index contributed by atoms with van der Waals surface area (Å²) in [5.74, 6) is 0. The Labute approximate surface area is 63.4 Å². The van der Waals surface area contributed by atoms with Crippen LogP contribution in [0.3, 0.4) is 0 Å². The molecule has 68 valence electrons. The van der Waals surface area contributed by atoms with Gasteiger partial charge in [0.15, 0.2) is 0 Å². The molecule has 9 heteroatoms. The van der Waals surface area contributed by atoms with E-state index < -0.39 is 26.5 Å². The van der Waals surface area contributed by atoms with Crippen LogP contribution in [-0.4, -0.2) is 24.4 Å². The summed E-state index contributed by atoms with van der Waals surface area (Å²) in [6.45, 7) is 0. The number of hydrogen-bond donors (Lipinski definition) is 1. The Morgan fingerprint density at radius 2 is 1.73 bits per heavy atom. The van der Waals surface area contributed by atoms with Crippen LogP contribution in [-0.2, 0) is 21.0 Å². The molecule has 0 amide bonds. The van der Waals surface area contributed by atoms with Gasteiger partial charge in [0.25, 0.3) is 0 Å². The lowest BCUT2D eigenvalue weighted by Crippen LogP contribution is -2.36. The molecule has 1 atom stereocenters. The van der Waals surface area contributed by atoms with Gasteiger partial charge < -0.3 is 0 Å². The third kappa shape index (κ3) is 3.16. The van der Waals surface area contributed by atoms with Crippen molar-refractivity contribution in [3.8, 4) is 0 Å². The lowest BCUT2D eigenvalue weighted by molar-refractivity contribution is -0.0440. The molecule has 0 aliphatic rings. The summed E-state index contributed by atoms with van der Waals surface area (Å²) in [6, 6.07) is 0. The van der Waals surface area contributed by atoms with Crippen molar-refractivity contribution in [2.75, 3.05) is 6.26 Å². The zero-order chi connectivity index (χ0) is 9.28. The van der Waals surface area contributed by atoms with Crippen molar-refractivity contribution in [3.05, 3.63) is 0 Å². The van der Waals surface area contributed by atoms with Crippen molar-refractivity contribution in [2.24, 2.45) is 0 Å². The van der Waals surface area contributed by atoms with E-state index in [0.717, 1.165) is 10.4 Å². The van der Waals surface area contributed by atoms with Crippen molar-refractivity contribution in [2.45, 2.75) is 5.51 Å². The van der Waals surface area contributed by atoms with Crippen molar-refractivity contribution in [1.29, 1.82) is 0 Å². The van der Waals surface area contributed by atoms with Gasteiger partial charge in [-0.25, -0.2) is 12.6 Å². The molecule has 0 saturated heterocycles. The van der Waals surface area contributed by atoms with E-state index in [1.807, 2.05) is 0 Å². The lowest BCUT2D eigenvalue weighted by Gasteiger charge is -2.05. The van der Waals surface area contributed by atoms with E-state index in [2.05, 4.69) is 0 Å². The van der Waals surface area contributed by atoms with Gasteiger partial charge in [0.2, 0.25) is 0 Å². The van der Waals surface area contributed by atoms with Crippen LogP contribution in [0.5, 0.6) is 0 Å². The summed E-state index contributed by atoms with van der Waals surface area (Å²) in [5, 5.41) is 0. The summed E-state index contributed by atoms with van der Waals surface area (Å²) >= 11 is 0. The Bertz CT molecular complexity index is 254. The number of rotatable bonds is 2. The molecule has 4 nitrogen and oxygen atoms in total. The average molecular weight is 211 g/mol. The van der Waals surface area contributed by atoms with Crippen LogP contribution in [0.4, 0.5) is 13.2 Å². The molecule has 0 rings (SSSR count). The summed E-state index contributed by atoms with van der Waals surface area (Å²) < 4.78 is 65.2. The van der Waals surface area contributed by atoms with Gasteiger partial charge in [0.1, 0.15) is 11.0 Å². The lowest BCUT2D eigenvalue weighted by atomic mass is 11.6. The van der Waals surface area contributed by atoms with Gasteiger partial charge in [-0.15, -0.1) is 4.13 Å². The van der Waals surface area contributed by atoms with Crippen LogP contribution in [0.15, 0.2) is 0 Å². The molecule has 1 N–H and O–H groups in total. The molecular formula is C2H4F3NO3S2. The van der Waals surface area contributed by atoms with Crippen LogP contribution in [0.25, 0.3) is 0 Å². The predicted octanol–water partition coefficient (Wildman–Crippen LogP) is -0.281. The second-order valence-electron chi connectivity index (χ2n) is 1.49. The molecule has 11 heavy (non-hydrogen) atoms. The van der Waals surface area contributed by atoms with Gasteiger partial charge >= 0.3 is 15.5 Å². The number of nitrogens with one attached hydrogen (secondary N) is 1. The van der Waals surface area contributed by atoms with Gasteiger partial charge in [-0.1, -0.05) is 0 Å². The average Bonchev–Trinajstić information content (AvgIpc) is 1.56. The third-order valence-electron chi connectivity index (χ3n) is 0.532. The molecule has 0 bridgehead atoms. The van der Waals surface area contributed by atoms with Crippen molar-refractivity contribution >= 4 is 21.0 Å². The minimum absolute atomic E-state index is 0.781. The van der Waals surface area contributed by atoms with Gasteiger partial charge in [-0.2, -0.15) is 13.2 Å². The highest BCUT2D eigenvalue weighted by atomic mass is 32.3. The quantitative estimate of drug-likeness (QED) is 0.683. The molecule has 0 fully saturated rings. The van der Waals surface area contributed by atoms with E-state index in [1.165, 1.54) is 0 Å². The fourth-order valence-corrected chi connectivity index (χ4v) is 1.82. The molecule has 0 aromatic heterocycles. The van der Waals surface area contributed by atoms with Crippen molar-refractivity contribution in [3.63, 3.8) is 0 Å². The second-order valence-corrected chi connectivity index (χ2v) is 4.53. The zero-order valence-electron chi connectivity index (χ0n) is 5.18. The molecule has 1 unspecified atom stereocenters. The first-order valence-corrected chi connectivity index (χ1v) is 5.13. The Morgan fingerprint density at radius 3 is 1.82 bits per heavy atom. The number of alkyl halides is 3. The first kappa shape index (κ1) is 10.8. The van der Waals surface area contributed by atoms with Crippen LogP contribution in [0.1, 0.15) is 0 Å². The summed E-state index contributed by atoms with van der Waals surface area (Å²) in [4.78, 5) is 0. The molecular weight excluding hydrogens is 207 g/mol. The summed E-state index contributed by atoms with van der Waals surface area (Å²) in [7, 11) is -7.69. The third-order valence-corrected chi connectivity index (χ3v) is 2.96. The molecule has 0 aliphatic heterocycles. The molecule has 0 heterocycles. The maximum Gasteiger partial charge on any atom is 0.512 e. The predicted molar refractivity (Wildman–Crippen MR) is 32.2 cm³/mol. The largest absolute Gasteiger partial charge is 0.512 e. The highest BCUT2D eigenvalue weighted by Gasteiger charge is 2.46. The van der Waals surface area contributed by atoms with E-state index in [0.29, 0.717) is 0 Å². The van der Waals surface area contributed by atoms with Gasteiger partial charge in [-0.05, 0) is 0 Å². The summed E-state index contributed by atoms with van der Waals surface area (Å²) in [5.41, 5.74) is -5.40. The fraction of sp³-hybridized carbons (Fsp3) is 1.00. The van der Waals surface area contributed by atoms with Gasteiger partial charge in [-0.3, -0.25) is 0 Å². The zero-order valence-corrected chi connectivity index (χ0v) is 6.81. The van der Waals surface area contributed by atoms with E-state index in [4.69, 9.17) is 0 Å². The molecule has 0 aromatic carbocycles. The Balaban J connectivity index is 4.64. The van der Waals surface area contributed by atoms with E-state index >= 15 is 0 Å². The smallest absolute Gasteiger partial charge is 0.242 e. The van der Waals surface area contributed by atoms with Crippen LogP contribution in [0, 0.1) is 0 Å². The van der Waals surface area contributed by atoms with E-state index in [1.54, 1.807) is 0 Å². The molecule has 0 aromatic rings. The minimum atomic E-state index is -5.45. The highest BCUT2D eigenvalue weighted by Crippen LogP contribution is 2.21. The van der Waals surface area contributed by atoms with Gasteiger partial charge in [0.05, 0.1) is 0 Å². The maximum absolute atomic E-state index is 11.4. The van der Waals surface area contributed by atoms with Crippen molar-refractivity contribution < 1.29 is 25.8 Å². The van der Waals surface area contributed by atoms with Gasteiger partial charge in [0, 0.05) is 6.26 Å². The fourth-order valence-electron chi connectivity index (χ4n) is 0.202. The van der Waals surface area contributed by atoms with Crippen LogP contribution >= 0.6 is 0 Å². The normalized spacial score (nSPS) is 16.4. The van der Waals surface area contributed by atoms with E-state index in [-0.39, 0.29) is 0 Å². The second kappa shape index (κ2) is 3.07. The minimum Gasteiger partial charge on any atom is -0.242 e.